The summed E-state index contributed by atoms with van der Waals surface area (Å²) in [6.07, 6.45) is 2.85. The van der Waals surface area contributed by atoms with Crippen molar-refractivity contribution in [3.8, 4) is 11.5 Å². The summed E-state index contributed by atoms with van der Waals surface area (Å²) in [6.45, 7) is 3.20. The van der Waals surface area contributed by atoms with Crippen LogP contribution in [0.4, 0.5) is 4.79 Å². The highest BCUT2D eigenvalue weighted by Crippen LogP contribution is 2.34. The summed E-state index contributed by atoms with van der Waals surface area (Å²) in [5.74, 6) is 0.0688. The minimum absolute atomic E-state index is 0.194. The number of hydrogen-bond donors (Lipinski definition) is 3. The van der Waals surface area contributed by atoms with Crippen molar-refractivity contribution in [1.82, 2.24) is 16.1 Å². The molecule has 0 saturated carbocycles. The van der Waals surface area contributed by atoms with Gasteiger partial charge in [-0.15, -0.1) is 0 Å². The number of hydrazone groups is 1. The van der Waals surface area contributed by atoms with E-state index in [0.29, 0.717) is 28.5 Å². The molecule has 1 atom stereocenters. The van der Waals surface area contributed by atoms with Gasteiger partial charge in [0.05, 0.1) is 37.8 Å². The van der Waals surface area contributed by atoms with Gasteiger partial charge in [0.15, 0.2) is 18.1 Å². The number of rotatable bonds is 9. The van der Waals surface area contributed by atoms with Crippen molar-refractivity contribution >= 4 is 24.1 Å². The van der Waals surface area contributed by atoms with Crippen molar-refractivity contribution in [3.05, 3.63) is 59.2 Å². The number of urea groups is 1. The van der Waals surface area contributed by atoms with Gasteiger partial charge < -0.3 is 29.3 Å². The summed E-state index contributed by atoms with van der Waals surface area (Å²) >= 11 is 0. The number of nitrogens with one attached hydrogen (secondary N) is 3. The fourth-order valence-corrected chi connectivity index (χ4v) is 3.11. The number of nitrogens with zero attached hydrogens (tertiary/aromatic N) is 1. The number of carbonyl (C=O) groups excluding carboxylic acids is 3. The maximum absolute atomic E-state index is 12.5. The van der Waals surface area contributed by atoms with Gasteiger partial charge in [0.25, 0.3) is 5.91 Å². The largest absolute Gasteiger partial charge is 0.493 e. The summed E-state index contributed by atoms with van der Waals surface area (Å²) in [5.41, 5.74) is 3.57. The maximum Gasteiger partial charge on any atom is 0.338 e. The van der Waals surface area contributed by atoms with Crippen LogP contribution in [0.2, 0.25) is 0 Å². The third kappa shape index (κ3) is 5.91. The molecule has 3 rings (SSSR count). The van der Waals surface area contributed by atoms with Gasteiger partial charge in [-0.3, -0.25) is 4.79 Å². The van der Waals surface area contributed by atoms with Crippen LogP contribution < -0.4 is 25.5 Å². The molecule has 33 heavy (non-hydrogen) atoms. The Hall–Kier alpha value is -4.28. The molecule has 0 radical (unpaired) electrons. The molecule has 3 amide bonds. The first-order valence-electron chi connectivity index (χ1n) is 10.0. The van der Waals surface area contributed by atoms with Crippen LogP contribution in [0.5, 0.6) is 11.5 Å². The van der Waals surface area contributed by atoms with Crippen molar-refractivity contribution in [2.75, 3.05) is 20.3 Å². The normalized spacial score (nSPS) is 15.6. The number of esters is 1. The van der Waals surface area contributed by atoms with Crippen molar-refractivity contribution in [2.24, 2.45) is 5.10 Å². The minimum atomic E-state index is -0.750. The van der Waals surface area contributed by atoms with Gasteiger partial charge in [0.2, 0.25) is 0 Å². The van der Waals surface area contributed by atoms with Crippen LogP contribution in [0.15, 0.2) is 57.4 Å². The standard InChI is InChI=1S/C22H24N4O7/c1-4-31-21(28)19-13(2)24-22(29)25-20(19)14-7-8-16(17(10-14)30-3)33-12-18(27)26-23-11-15-6-5-9-32-15/h5-11,20H,4,12H2,1-3H3,(H,26,27)(H2,24,25,29)/b23-11+. The van der Waals surface area contributed by atoms with Crippen molar-refractivity contribution in [3.63, 3.8) is 0 Å². The second-order valence-corrected chi connectivity index (χ2v) is 6.80. The number of benzene rings is 1. The van der Waals surface area contributed by atoms with Crippen molar-refractivity contribution < 1.29 is 33.0 Å². The average Bonchev–Trinajstić information content (AvgIpc) is 3.30. The number of furan rings is 1. The first-order valence-corrected chi connectivity index (χ1v) is 10.0. The third-order valence-electron chi connectivity index (χ3n) is 4.57. The molecule has 11 nitrogen and oxygen atoms in total. The predicted molar refractivity (Wildman–Crippen MR) is 117 cm³/mol. The Morgan fingerprint density at radius 3 is 2.79 bits per heavy atom. The van der Waals surface area contributed by atoms with Gasteiger partial charge in [-0.05, 0) is 43.7 Å². The van der Waals surface area contributed by atoms with E-state index in [9.17, 15) is 14.4 Å². The fraction of sp³-hybridized carbons (Fsp3) is 0.273. The van der Waals surface area contributed by atoms with E-state index in [0.717, 1.165) is 0 Å². The Bertz CT molecular complexity index is 1080. The Balaban J connectivity index is 1.72. The lowest BCUT2D eigenvalue weighted by Crippen LogP contribution is -2.45. The molecule has 1 unspecified atom stereocenters. The molecule has 2 heterocycles. The smallest absolute Gasteiger partial charge is 0.338 e. The summed E-state index contributed by atoms with van der Waals surface area (Å²) in [7, 11) is 1.44. The third-order valence-corrected chi connectivity index (χ3v) is 4.57. The lowest BCUT2D eigenvalue weighted by molar-refractivity contribution is -0.139. The molecular weight excluding hydrogens is 432 g/mol. The van der Waals surface area contributed by atoms with E-state index in [-0.39, 0.29) is 18.8 Å². The second-order valence-electron chi connectivity index (χ2n) is 6.80. The van der Waals surface area contributed by atoms with Crippen LogP contribution in [-0.2, 0) is 14.3 Å². The highest BCUT2D eigenvalue weighted by Gasteiger charge is 2.32. The molecule has 0 aliphatic carbocycles. The van der Waals surface area contributed by atoms with Crippen LogP contribution in [0.25, 0.3) is 0 Å². The van der Waals surface area contributed by atoms with E-state index in [1.807, 2.05) is 0 Å². The van der Waals surface area contributed by atoms with E-state index in [1.165, 1.54) is 19.6 Å². The zero-order valence-electron chi connectivity index (χ0n) is 18.3. The number of methoxy groups -OCH3 is 1. The van der Waals surface area contributed by atoms with Crippen LogP contribution in [0, 0.1) is 0 Å². The van der Waals surface area contributed by atoms with Crippen molar-refractivity contribution in [1.29, 1.82) is 0 Å². The van der Waals surface area contributed by atoms with E-state index < -0.39 is 23.9 Å². The molecule has 1 aliphatic heterocycles. The molecule has 1 aromatic carbocycles. The van der Waals surface area contributed by atoms with Gasteiger partial charge >= 0.3 is 12.0 Å². The molecule has 1 aromatic heterocycles. The maximum atomic E-state index is 12.5. The molecule has 0 fully saturated rings. The van der Waals surface area contributed by atoms with Crippen LogP contribution >= 0.6 is 0 Å². The van der Waals surface area contributed by atoms with Gasteiger partial charge in [-0.2, -0.15) is 5.10 Å². The van der Waals surface area contributed by atoms with E-state index in [1.54, 1.807) is 44.2 Å². The zero-order valence-corrected chi connectivity index (χ0v) is 18.3. The molecule has 11 heteroatoms. The molecule has 0 bridgehead atoms. The molecule has 3 N–H and O–H groups in total. The zero-order chi connectivity index (χ0) is 23.8. The fourth-order valence-electron chi connectivity index (χ4n) is 3.11. The molecule has 1 aliphatic rings. The first-order chi connectivity index (χ1) is 15.9. The number of allylic oxidation sites excluding steroid dienone is 1. The van der Waals surface area contributed by atoms with Crippen LogP contribution in [0.3, 0.4) is 0 Å². The topological polar surface area (TPSA) is 140 Å². The number of hydrogen-bond acceptors (Lipinski definition) is 8. The molecule has 174 valence electrons. The summed E-state index contributed by atoms with van der Waals surface area (Å²) in [6, 6.07) is 7.05. The van der Waals surface area contributed by atoms with Gasteiger partial charge in [0.1, 0.15) is 5.76 Å². The number of amides is 3. The Labute approximate surface area is 189 Å². The first kappa shape index (κ1) is 23.4. The summed E-state index contributed by atoms with van der Waals surface area (Å²) in [4.78, 5) is 36.5. The molecule has 0 saturated heterocycles. The molecular formula is C22H24N4O7. The number of ether oxygens (including phenoxy) is 3. The lowest BCUT2D eigenvalue weighted by Gasteiger charge is -2.28. The van der Waals surface area contributed by atoms with Crippen LogP contribution in [-0.4, -0.2) is 44.4 Å². The van der Waals surface area contributed by atoms with E-state index in [4.69, 9.17) is 18.6 Å². The quantitative estimate of drug-likeness (QED) is 0.298. The van der Waals surface area contributed by atoms with E-state index in [2.05, 4.69) is 21.2 Å². The summed E-state index contributed by atoms with van der Waals surface area (Å²) < 4.78 is 21.1. The Kier molecular flexibility index (Phi) is 7.68. The minimum Gasteiger partial charge on any atom is -0.493 e. The second kappa shape index (κ2) is 10.8. The number of carbonyl (C=O) groups is 3. The summed E-state index contributed by atoms with van der Waals surface area (Å²) in [5, 5.41) is 9.07. The predicted octanol–water partition coefficient (Wildman–Crippen LogP) is 2.01. The van der Waals surface area contributed by atoms with Gasteiger partial charge in [0, 0.05) is 5.70 Å². The van der Waals surface area contributed by atoms with Gasteiger partial charge in [-0.1, -0.05) is 6.07 Å². The molecule has 2 aromatic rings. The lowest BCUT2D eigenvalue weighted by atomic mass is 9.95. The van der Waals surface area contributed by atoms with E-state index >= 15 is 0 Å². The average molecular weight is 456 g/mol. The highest BCUT2D eigenvalue weighted by atomic mass is 16.5. The highest BCUT2D eigenvalue weighted by molar-refractivity contribution is 5.95. The van der Waals surface area contributed by atoms with Gasteiger partial charge in [-0.25, -0.2) is 15.0 Å². The Morgan fingerprint density at radius 2 is 2.09 bits per heavy atom. The SMILES string of the molecule is CCOC(=O)C1=C(C)NC(=O)NC1c1ccc(OCC(=O)N/N=C/c2ccco2)c(OC)c1. The van der Waals surface area contributed by atoms with Crippen molar-refractivity contribution in [2.45, 2.75) is 19.9 Å². The monoisotopic (exact) mass is 456 g/mol. The molecule has 0 spiro atoms. The van der Waals surface area contributed by atoms with Crippen LogP contribution in [0.1, 0.15) is 31.2 Å². The Morgan fingerprint density at radius 1 is 1.27 bits per heavy atom.